The standard InChI is InChI=1S/C6H11N3O4/c7-9-8-5-1-3(11)6(12)4(2-10)13-5/h3-6,10-12H,1-2H2/t3-,4-,5?,6-/m1/s1. The van der Waals surface area contributed by atoms with Gasteiger partial charge in [0.15, 0.2) is 0 Å². The molecule has 0 aromatic rings. The van der Waals surface area contributed by atoms with Gasteiger partial charge in [-0.1, -0.05) is 5.11 Å². The van der Waals surface area contributed by atoms with Crippen LogP contribution in [0.4, 0.5) is 0 Å². The van der Waals surface area contributed by atoms with Crippen LogP contribution in [0.15, 0.2) is 5.11 Å². The topological polar surface area (TPSA) is 119 Å². The lowest BCUT2D eigenvalue weighted by molar-refractivity contribution is -0.177. The lowest BCUT2D eigenvalue weighted by atomic mass is 10.0. The van der Waals surface area contributed by atoms with Gasteiger partial charge < -0.3 is 20.1 Å². The Morgan fingerprint density at radius 2 is 2.23 bits per heavy atom. The molecule has 0 aliphatic carbocycles. The normalized spacial score (nSPS) is 39.6. The maximum absolute atomic E-state index is 9.25. The van der Waals surface area contributed by atoms with Gasteiger partial charge >= 0.3 is 0 Å². The number of nitrogens with zero attached hydrogens (tertiary/aromatic N) is 3. The summed E-state index contributed by atoms with van der Waals surface area (Å²) in [5.74, 6) is 0. The minimum Gasteiger partial charge on any atom is -0.394 e. The van der Waals surface area contributed by atoms with Crippen molar-refractivity contribution >= 4 is 0 Å². The molecule has 1 heterocycles. The van der Waals surface area contributed by atoms with Gasteiger partial charge in [-0.05, 0) is 5.53 Å². The van der Waals surface area contributed by atoms with Crippen molar-refractivity contribution < 1.29 is 20.1 Å². The van der Waals surface area contributed by atoms with Crippen LogP contribution < -0.4 is 0 Å². The number of hydrogen-bond acceptors (Lipinski definition) is 5. The Morgan fingerprint density at radius 1 is 1.54 bits per heavy atom. The van der Waals surface area contributed by atoms with Crippen LogP contribution in [0.1, 0.15) is 6.42 Å². The molecule has 0 aromatic carbocycles. The molecule has 74 valence electrons. The zero-order chi connectivity index (χ0) is 9.84. The third kappa shape index (κ3) is 2.30. The molecule has 7 heteroatoms. The lowest BCUT2D eigenvalue weighted by Gasteiger charge is -2.34. The van der Waals surface area contributed by atoms with Crippen LogP contribution in [-0.2, 0) is 4.74 Å². The van der Waals surface area contributed by atoms with Crippen molar-refractivity contribution in [2.24, 2.45) is 5.11 Å². The molecule has 0 spiro atoms. The fourth-order valence-corrected chi connectivity index (χ4v) is 1.21. The molecule has 0 amide bonds. The highest BCUT2D eigenvalue weighted by molar-refractivity contribution is 4.84. The van der Waals surface area contributed by atoms with E-state index < -0.39 is 31.1 Å². The van der Waals surface area contributed by atoms with E-state index in [4.69, 9.17) is 15.4 Å². The first-order valence-electron chi connectivity index (χ1n) is 3.85. The largest absolute Gasteiger partial charge is 0.394 e. The zero-order valence-corrected chi connectivity index (χ0v) is 6.82. The quantitative estimate of drug-likeness (QED) is 0.297. The van der Waals surface area contributed by atoms with Gasteiger partial charge in [0.05, 0.1) is 12.7 Å². The van der Waals surface area contributed by atoms with E-state index in [1.807, 2.05) is 0 Å². The van der Waals surface area contributed by atoms with Crippen molar-refractivity contribution in [1.82, 2.24) is 0 Å². The highest BCUT2D eigenvalue weighted by Crippen LogP contribution is 2.20. The van der Waals surface area contributed by atoms with Gasteiger partial charge in [-0.25, -0.2) is 0 Å². The van der Waals surface area contributed by atoms with Crippen molar-refractivity contribution in [2.75, 3.05) is 6.61 Å². The molecule has 1 saturated heterocycles. The van der Waals surface area contributed by atoms with Crippen LogP contribution in [0.5, 0.6) is 0 Å². The maximum Gasteiger partial charge on any atom is 0.139 e. The van der Waals surface area contributed by atoms with E-state index >= 15 is 0 Å². The van der Waals surface area contributed by atoms with E-state index in [-0.39, 0.29) is 6.42 Å². The lowest BCUT2D eigenvalue weighted by Crippen LogP contribution is -2.49. The van der Waals surface area contributed by atoms with Gasteiger partial charge in [0.2, 0.25) is 0 Å². The third-order valence-electron chi connectivity index (χ3n) is 1.91. The Bertz CT molecular complexity index is 218. The fourth-order valence-electron chi connectivity index (χ4n) is 1.21. The summed E-state index contributed by atoms with van der Waals surface area (Å²) >= 11 is 0. The van der Waals surface area contributed by atoms with Gasteiger partial charge in [0, 0.05) is 11.3 Å². The second-order valence-corrected chi connectivity index (χ2v) is 2.81. The summed E-state index contributed by atoms with van der Waals surface area (Å²) < 4.78 is 4.98. The fraction of sp³-hybridized carbons (Fsp3) is 1.00. The highest BCUT2D eigenvalue weighted by atomic mass is 16.5. The maximum atomic E-state index is 9.25. The SMILES string of the molecule is [N-]=[N+]=NC1C[C@@H](O)[C@@H](O)[C@@H](CO)O1. The number of aliphatic hydroxyl groups is 3. The minimum absolute atomic E-state index is 0.0434. The first-order chi connectivity index (χ1) is 6.19. The van der Waals surface area contributed by atoms with Crippen LogP contribution in [0.3, 0.4) is 0 Å². The van der Waals surface area contributed by atoms with E-state index in [1.54, 1.807) is 0 Å². The molecule has 1 aliphatic rings. The Balaban J connectivity index is 2.62. The number of aliphatic hydroxyl groups excluding tert-OH is 3. The monoisotopic (exact) mass is 189 g/mol. The van der Waals surface area contributed by atoms with Crippen LogP contribution in [0.25, 0.3) is 10.4 Å². The van der Waals surface area contributed by atoms with Gasteiger partial charge in [-0.15, -0.1) is 0 Å². The Morgan fingerprint density at radius 3 is 2.77 bits per heavy atom. The Kier molecular flexibility index (Phi) is 3.47. The number of ether oxygens (including phenoxy) is 1. The molecule has 1 unspecified atom stereocenters. The number of rotatable bonds is 2. The smallest absolute Gasteiger partial charge is 0.139 e. The van der Waals surface area contributed by atoms with E-state index in [0.29, 0.717) is 0 Å². The molecule has 4 atom stereocenters. The molecule has 0 radical (unpaired) electrons. The third-order valence-corrected chi connectivity index (χ3v) is 1.91. The summed E-state index contributed by atoms with van der Waals surface area (Å²) in [6, 6.07) is 0. The summed E-state index contributed by atoms with van der Waals surface area (Å²) in [5.41, 5.74) is 8.10. The van der Waals surface area contributed by atoms with Gasteiger partial charge in [0.25, 0.3) is 0 Å². The summed E-state index contributed by atoms with van der Waals surface area (Å²) in [6.45, 7) is -0.421. The highest BCUT2D eigenvalue weighted by Gasteiger charge is 2.35. The Hall–Kier alpha value is -0.850. The number of hydrogen-bond donors (Lipinski definition) is 3. The van der Waals surface area contributed by atoms with Crippen LogP contribution in [0, 0.1) is 0 Å². The van der Waals surface area contributed by atoms with Crippen LogP contribution in [0.2, 0.25) is 0 Å². The summed E-state index contributed by atoms with van der Waals surface area (Å²) in [6.07, 6.45) is -3.82. The first-order valence-corrected chi connectivity index (χ1v) is 3.85. The van der Waals surface area contributed by atoms with Crippen molar-refractivity contribution in [1.29, 1.82) is 0 Å². The Labute approximate surface area is 74.2 Å². The molecule has 13 heavy (non-hydrogen) atoms. The van der Waals surface area contributed by atoms with Crippen molar-refractivity contribution in [3.63, 3.8) is 0 Å². The summed E-state index contributed by atoms with van der Waals surface area (Å²) in [4.78, 5) is 2.51. The van der Waals surface area contributed by atoms with Crippen molar-refractivity contribution in [2.45, 2.75) is 31.0 Å². The summed E-state index contributed by atoms with van der Waals surface area (Å²) in [7, 11) is 0. The molecule has 0 bridgehead atoms. The molecule has 0 saturated carbocycles. The van der Waals surface area contributed by atoms with E-state index in [2.05, 4.69) is 10.0 Å². The predicted octanol–water partition coefficient (Wildman–Crippen LogP) is -0.874. The molecule has 1 rings (SSSR count). The second kappa shape index (κ2) is 4.40. The summed E-state index contributed by atoms with van der Waals surface area (Å²) in [5, 5.41) is 30.5. The van der Waals surface area contributed by atoms with Gasteiger partial charge in [-0.3, -0.25) is 0 Å². The molecule has 3 N–H and O–H groups in total. The van der Waals surface area contributed by atoms with E-state index in [1.165, 1.54) is 0 Å². The average Bonchev–Trinajstić information content (AvgIpc) is 2.11. The van der Waals surface area contributed by atoms with Crippen LogP contribution in [-0.4, -0.2) is 46.5 Å². The van der Waals surface area contributed by atoms with Gasteiger partial charge in [0.1, 0.15) is 18.4 Å². The molecule has 0 aromatic heterocycles. The molecular formula is C6H11N3O4. The molecule has 1 fully saturated rings. The van der Waals surface area contributed by atoms with E-state index in [9.17, 15) is 10.2 Å². The van der Waals surface area contributed by atoms with Gasteiger partial charge in [-0.2, -0.15) is 0 Å². The molecular weight excluding hydrogens is 178 g/mol. The minimum atomic E-state index is -1.13. The first kappa shape index (κ1) is 10.2. The zero-order valence-electron chi connectivity index (χ0n) is 6.82. The van der Waals surface area contributed by atoms with E-state index in [0.717, 1.165) is 0 Å². The van der Waals surface area contributed by atoms with Crippen molar-refractivity contribution in [3.8, 4) is 0 Å². The molecule has 7 nitrogen and oxygen atoms in total. The number of azide groups is 1. The predicted molar refractivity (Wildman–Crippen MR) is 41.5 cm³/mol. The molecule has 1 aliphatic heterocycles. The second-order valence-electron chi connectivity index (χ2n) is 2.81. The average molecular weight is 189 g/mol. The van der Waals surface area contributed by atoms with Crippen LogP contribution >= 0.6 is 0 Å². The van der Waals surface area contributed by atoms with Crippen molar-refractivity contribution in [3.05, 3.63) is 10.4 Å².